The standard InChI is InChI=1S/C18H19N5O2/c19-17-21-16(22-18(23-17)20-13-5-2-1-3-6-13)12-7-8-14-15(11-12)25-10-4-9-24-14/h1-3,5-8,11,16H,4,9-10H2,(H4,19,20,21,22,23). The van der Waals surface area contributed by atoms with Crippen molar-refractivity contribution in [1.29, 1.82) is 0 Å². The normalized spacial score (nSPS) is 19.1. The van der Waals surface area contributed by atoms with Gasteiger partial charge in [0, 0.05) is 17.7 Å². The van der Waals surface area contributed by atoms with Crippen molar-refractivity contribution < 1.29 is 9.47 Å². The van der Waals surface area contributed by atoms with E-state index in [1.54, 1.807) is 0 Å². The van der Waals surface area contributed by atoms with Crippen LogP contribution < -0.4 is 25.8 Å². The molecule has 0 radical (unpaired) electrons. The lowest BCUT2D eigenvalue weighted by Gasteiger charge is -2.21. The Morgan fingerprint density at radius 1 is 1.00 bits per heavy atom. The summed E-state index contributed by atoms with van der Waals surface area (Å²) in [4.78, 5) is 8.98. The summed E-state index contributed by atoms with van der Waals surface area (Å²) in [6.45, 7) is 1.30. The van der Waals surface area contributed by atoms with Crippen LogP contribution >= 0.6 is 0 Å². The maximum atomic E-state index is 5.93. The zero-order valence-electron chi connectivity index (χ0n) is 13.6. The van der Waals surface area contributed by atoms with E-state index < -0.39 is 6.17 Å². The number of nitrogens with two attached hydrogens (primary N) is 1. The molecule has 0 saturated heterocycles. The van der Waals surface area contributed by atoms with Crippen LogP contribution in [0.4, 0.5) is 5.69 Å². The number of fused-ring (bicyclic) bond motifs is 1. The number of rotatable bonds is 2. The Morgan fingerprint density at radius 2 is 1.80 bits per heavy atom. The van der Waals surface area contributed by atoms with Crippen molar-refractivity contribution >= 4 is 17.6 Å². The first-order valence-corrected chi connectivity index (χ1v) is 8.18. The number of hydrogen-bond donors (Lipinski definition) is 3. The molecule has 7 heteroatoms. The molecule has 0 bridgehead atoms. The lowest BCUT2D eigenvalue weighted by molar-refractivity contribution is 0.297. The fraction of sp³-hybridized carbons (Fsp3) is 0.222. The lowest BCUT2D eigenvalue weighted by Crippen LogP contribution is -2.43. The maximum absolute atomic E-state index is 5.93. The molecule has 0 aromatic heterocycles. The fourth-order valence-electron chi connectivity index (χ4n) is 2.68. The first-order chi connectivity index (χ1) is 12.3. The van der Waals surface area contributed by atoms with Gasteiger partial charge in [0.05, 0.1) is 13.2 Å². The number of hydrogen-bond acceptors (Lipinski definition) is 7. The molecule has 0 amide bonds. The van der Waals surface area contributed by atoms with Crippen LogP contribution in [0, 0.1) is 0 Å². The van der Waals surface area contributed by atoms with Gasteiger partial charge in [0.15, 0.2) is 23.6 Å². The molecular weight excluding hydrogens is 318 g/mol. The largest absolute Gasteiger partial charge is 0.490 e. The van der Waals surface area contributed by atoms with Gasteiger partial charge >= 0.3 is 0 Å². The van der Waals surface area contributed by atoms with Gasteiger partial charge in [-0.1, -0.05) is 24.3 Å². The molecule has 128 valence electrons. The van der Waals surface area contributed by atoms with Crippen LogP contribution in [0.1, 0.15) is 18.2 Å². The smallest absolute Gasteiger partial charge is 0.205 e. The molecule has 2 aromatic carbocycles. The van der Waals surface area contributed by atoms with Crippen LogP contribution in [-0.2, 0) is 0 Å². The average Bonchev–Trinajstić information content (AvgIpc) is 2.87. The fourth-order valence-corrected chi connectivity index (χ4v) is 2.68. The molecule has 4 rings (SSSR count). The molecule has 7 nitrogen and oxygen atoms in total. The second-order valence-electron chi connectivity index (χ2n) is 5.74. The van der Waals surface area contributed by atoms with Gasteiger partial charge in [-0.25, -0.2) is 9.98 Å². The minimum absolute atomic E-state index is 0.311. The van der Waals surface area contributed by atoms with Crippen molar-refractivity contribution in [2.24, 2.45) is 15.7 Å². The van der Waals surface area contributed by atoms with Gasteiger partial charge in [-0.2, -0.15) is 0 Å². The summed E-state index contributed by atoms with van der Waals surface area (Å²) in [5.74, 6) is 2.33. The first kappa shape index (κ1) is 15.3. The van der Waals surface area contributed by atoms with E-state index in [2.05, 4.69) is 20.6 Å². The molecule has 0 fully saturated rings. The van der Waals surface area contributed by atoms with Gasteiger partial charge in [0.2, 0.25) is 5.96 Å². The molecule has 0 saturated carbocycles. The topological polar surface area (TPSA) is 93.3 Å². The third-order valence-corrected chi connectivity index (χ3v) is 3.87. The highest BCUT2D eigenvalue weighted by atomic mass is 16.5. The number of aliphatic imine (C=N–C) groups is 2. The van der Waals surface area contributed by atoms with E-state index in [4.69, 9.17) is 15.2 Å². The van der Waals surface area contributed by atoms with Crippen LogP contribution in [0.5, 0.6) is 11.5 Å². The Morgan fingerprint density at radius 3 is 2.64 bits per heavy atom. The third-order valence-electron chi connectivity index (χ3n) is 3.87. The summed E-state index contributed by atoms with van der Waals surface area (Å²) in [5, 5.41) is 6.15. The second kappa shape index (κ2) is 6.72. The number of nitrogens with one attached hydrogen (secondary N) is 2. The molecule has 0 spiro atoms. The van der Waals surface area contributed by atoms with E-state index in [0.29, 0.717) is 25.1 Å². The second-order valence-corrected chi connectivity index (χ2v) is 5.74. The van der Waals surface area contributed by atoms with Gasteiger partial charge < -0.3 is 20.5 Å². The van der Waals surface area contributed by atoms with Crippen molar-refractivity contribution in [3.63, 3.8) is 0 Å². The molecule has 2 aromatic rings. The van der Waals surface area contributed by atoms with E-state index in [1.165, 1.54) is 0 Å². The minimum Gasteiger partial charge on any atom is -0.490 e. The molecular formula is C18H19N5O2. The zero-order chi connectivity index (χ0) is 17.1. The Kier molecular flexibility index (Phi) is 4.12. The minimum atomic E-state index is -0.440. The highest BCUT2D eigenvalue weighted by Gasteiger charge is 2.19. The van der Waals surface area contributed by atoms with Gasteiger partial charge in [0.1, 0.15) is 0 Å². The van der Waals surface area contributed by atoms with Crippen molar-refractivity contribution in [2.75, 3.05) is 18.5 Å². The molecule has 2 heterocycles. The Bertz CT molecular complexity index is 819. The zero-order valence-corrected chi connectivity index (χ0v) is 13.6. The highest BCUT2D eigenvalue weighted by Crippen LogP contribution is 2.34. The van der Waals surface area contributed by atoms with E-state index in [0.717, 1.165) is 29.2 Å². The van der Waals surface area contributed by atoms with Crippen LogP contribution in [0.2, 0.25) is 0 Å². The van der Waals surface area contributed by atoms with E-state index >= 15 is 0 Å². The van der Waals surface area contributed by atoms with Crippen molar-refractivity contribution in [1.82, 2.24) is 5.32 Å². The monoisotopic (exact) mass is 337 g/mol. The maximum Gasteiger partial charge on any atom is 0.205 e. The van der Waals surface area contributed by atoms with Gasteiger partial charge in [-0.3, -0.25) is 5.32 Å². The third kappa shape index (κ3) is 3.50. The average molecular weight is 337 g/mol. The number of para-hydroxylation sites is 1. The van der Waals surface area contributed by atoms with Gasteiger partial charge in [-0.05, 0) is 24.3 Å². The molecule has 2 aliphatic heterocycles. The lowest BCUT2D eigenvalue weighted by atomic mass is 10.1. The van der Waals surface area contributed by atoms with Crippen LogP contribution in [0.15, 0.2) is 58.5 Å². The Hall–Kier alpha value is -3.22. The number of guanidine groups is 2. The van der Waals surface area contributed by atoms with E-state index in [1.807, 2.05) is 48.5 Å². The van der Waals surface area contributed by atoms with Crippen molar-refractivity contribution in [3.8, 4) is 11.5 Å². The molecule has 25 heavy (non-hydrogen) atoms. The van der Waals surface area contributed by atoms with Crippen LogP contribution in [0.25, 0.3) is 0 Å². The summed E-state index contributed by atoms with van der Waals surface area (Å²) >= 11 is 0. The SMILES string of the molecule is NC1=NC(c2ccc3c(c2)OCCCO3)N=C(Nc2ccccc2)N1. The molecule has 4 N–H and O–H groups in total. The van der Waals surface area contributed by atoms with E-state index in [9.17, 15) is 0 Å². The molecule has 1 atom stereocenters. The van der Waals surface area contributed by atoms with Crippen LogP contribution in [0.3, 0.4) is 0 Å². The number of anilines is 1. The number of ether oxygens (including phenoxy) is 2. The predicted molar refractivity (Wildman–Crippen MR) is 97.0 cm³/mol. The van der Waals surface area contributed by atoms with Gasteiger partial charge in [-0.15, -0.1) is 0 Å². The summed E-state index contributed by atoms with van der Waals surface area (Å²) in [6.07, 6.45) is 0.427. The Balaban J connectivity index is 1.60. The summed E-state index contributed by atoms with van der Waals surface area (Å²) in [7, 11) is 0. The number of nitrogens with zero attached hydrogens (tertiary/aromatic N) is 2. The summed E-state index contributed by atoms with van der Waals surface area (Å²) in [5.41, 5.74) is 7.74. The quantitative estimate of drug-likeness (QED) is 0.781. The molecule has 1 unspecified atom stereocenters. The number of benzene rings is 2. The Labute approximate surface area is 145 Å². The summed E-state index contributed by atoms with van der Waals surface area (Å²) < 4.78 is 11.4. The van der Waals surface area contributed by atoms with Crippen LogP contribution in [-0.4, -0.2) is 25.1 Å². The van der Waals surface area contributed by atoms with Crippen molar-refractivity contribution in [2.45, 2.75) is 12.6 Å². The first-order valence-electron chi connectivity index (χ1n) is 8.18. The molecule has 0 aliphatic carbocycles. The van der Waals surface area contributed by atoms with Crippen molar-refractivity contribution in [3.05, 3.63) is 54.1 Å². The highest BCUT2D eigenvalue weighted by molar-refractivity contribution is 6.05. The molecule has 2 aliphatic rings. The predicted octanol–water partition coefficient (Wildman–Crippen LogP) is 2.23. The van der Waals surface area contributed by atoms with Gasteiger partial charge in [0.25, 0.3) is 0 Å². The summed E-state index contributed by atoms with van der Waals surface area (Å²) in [6, 6.07) is 15.5. The van der Waals surface area contributed by atoms with E-state index in [-0.39, 0.29) is 0 Å².